The average molecular weight is 131 g/mol. The zero-order chi connectivity index (χ0) is 7.28. The fourth-order valence-electron chi connectivity index (χ4n) is 0.652. The van der Waals surface area contributed by atoms with E-state index < -0.39 is 0 Å². The molecule has 0 aliphatic rings. The highest BCUT2D eigenvalue weighted by molar-refractivity contribution is 4.69. The molecule has 0 saturated carbocycles. The maximum absolute atomic E-state index is 5.68. The predicted molar refractivity (Wildman–Crippen MR) is 39.9 cm³/mol. The monoisotopic (exact) mass is 131 g/mol. The normalized spacial score (nSPS) is 17.3. The maximum Gasteiger partial charge on any atom is 0.00885 e. The molecule has 3 nitrogen and oxygen atoms in total. The topological polar surface area (TPSA) is 78.1 Å². The minimum atomic E-state index is 0.181. The van der Waals surface area contributed by atoms with Crippen LogP contribution < -0.4 is 17.2 Å². The SMILES string of the molecule is CC(CN)C(N)CCN. The first-order valence-electron chi connectivity index (χ1n) is 3.38. The third-order valence-corrected chi connectivity index (χ3v) is 1.60. The summed E-state index contributed by atoms with van der Waals surface area (Å²) in [4.78, 5) is 0. The van der Waals surface area contributed by atoms with Crippen LogP contribution in [0, 0.1) is 5.92 Å². The molecule has 9 heavy (non-hydrogen) atoms. The van der Waals surface area contributed by atoms with Gasteiger partial charge in [-0.2, -0.15) is 0 Å². The van der Waals surface area contributed by atoms with E-state index in [1.807, 2.05) is 6.92 Å². The van der Waals surface area contributed by atoms with Crippen LogP contribution in [0.25, 0.3) is 0 Å². The van der Waals surface area contributed by atoms with Gasteiger partial charge < -0.3 is 17.2 Å². The van der Waals surface area contributed by atoms with Crippen molar-refractivity contribution in [2.24, 2.45) is 23.1 Å². The van der Waals surface area contributed by atoms with Gasteiger partial charge >= 0.3 is 0 Å². The van der Waals surface area contributed by atoms with Crippen molar-refractivity contribution in [2.75, 3.05) is 13.1 Å². The van der Waals surface area contributed by atoms with E-state index in [1.54, 1.807) is 0 Å². The van der Waals surface area contributed by atoms with Crippen LogP contribution >= 0.6 is 0 Å². The Morgan fingerprint density at radius 1 is 1.33 bits per heavy atom. The predicted octanol–water partition coefficient (Wildman–Crippen LogP) is -0.743. The lowest BCUT2D eigenvalue weighted by Crippen LogP contribution is -2.34. The molecule has 0 aromatic heterocycles. The van der Waals surface area contributed by atoms with E-state index in [2.05, 4.69) is 0 Å². The molecule has 0 amide bonds. The lowest BCUT2D eigenvalue weighted by atomic mass is 10.0. The molecule has 6 N–H and O–H groups in total. The van der Waals surface area contributed by atoms with Crippen LogP contribution in [0.1, 0.15) is 13.3 Å². The lowest BCUT2D eigenvalue weighted by molar-refractivity contribution is 0.444. The largest absolute Gasteiger partial charge is 0.330 e. The van der Waals surface area contributed by atoms with Gasteiger partial charge in [-0.05, 0) is 25.4 Å². The third-order valence-electron chi connectivity index (χ3n) is 1.60. The van der Waals surface area contributed by atoms with Crippen LogP contribution in [0.5, 0.6) is 0 Å². The summed E-state index contributed by atoms with van der Waals surface area (Å²) in [7, 11) is 0. The van der Waals surface area contributed by atoms with Crippen molar-refractivity contribution in [3.05, 3.63) is 0 Å². The van der Waals surface area contributed by atoms with E-state index in [0.29, 0.717) is 19.0 Å². The van der Waals surface area contributed by atoms with Crippen LogP contribution in [-0.4, -0.2) is 19.1 Å². The Morgan fingerprint density at radius 3 is 2.22 bits per heavy atom. The van der Waals surface area contributed by atoms with E-state index in [-0.39, 0.29) is 6.04 Å². The highest BCUT2D eigenvalue weighted by atomic mass is 14.7. The second-order valence-corrected chi connectivity index (χ2v) is 2.45. The first-order chi connectivity index (χ1) is 4.22. The van der Waals surface area contributed by atoms with Crippen molar-refractivity contribution in [3.63, 3.8) is 0 Å². The molecule has 0 aliphatic carbocycles. The van der Waals surface area contributed by atoms with Gasteiger partial charge in [-0.15, -0.1) is 0 Å². The number of nitrogens with two attached hydrogens (primary N) is 3. The summed E-state index contributed by atoms with van der Waals surface area (Å²) in [6.07, 6.45) is 0.873. The summed E-state index contributed by atoms with van der Waals surface area (Å²) in [5.74, 6) is 0.397. The minimum absolute atomic E-state index is 0.181. The van der Waals surface area contributed by atoms with Gasteiger partial charge in [0.2, 0.25) is 0 Å². The Balaban J connectivity index is 3.32. The summed E-state index contributed by atoms with van der Waals surface area (Å²) < 4.78 is 0. The molecule has 0 radical (unpaired) electrons. The quantitative estimate of drug-likeness (QED) is 0.470. The molecule has 3 heteroatoms. The first-order valence-corrected chi connectivity index (χ1v) is 3.38. The van der Waals surface area contributed by atoms with Gasteiger partial charge in [-0.25, -0.2) is 0 Å². The molecule has 0 spiro atoms. The second-order valence-electron chi connectivity index (χ2n) is 2.45. The van der Waals surface area contributed by atoms with Gasteiger partial charge in [0.1, 0.15) is 0 Å². The Labute approximate surface area is 56.6 Å². The summed E-state index contributed by atoms with van der Waals surface area (Å²) in [5.41, 5.74) is 16.4. The van der Waals surface area contributed by atoms with E-state index in [4.69, 9.17) is 17.2 Å². The van der Waals surface area contributed by atoms with Crippen molar-refractivity contribution in [3.8, 4) is 0 Å². The molecule has 0 fully saturated rings. The Morgan fingerprint density at radius 2 is 1.89 bits per heavy atom. The highest BCUT2D eigenvalue weighted by Crippen LogP contribution is 1.99. The van der Waals surface area contributed by atoms with Gasteiger partial charge in [-0.1, -0.05) is 6.92 Å². The highest BCUT2D eigenvalue weighted by Gasteiger charge is 2.08. The minimum Gasteiger partial charge on any atom is -0.330 e. The smallest absolute Gasteiger partial charge is 0.00885 e. The zero-order valence-corrected chi connectivity index (χ0v) is 6.01. The molecule has 2 unspecified atom stereocenters. The zero-order valence-electron chi connectivity index (χ0n) is 6.01. The van der Waals surface area contributed by atoms with Crippen molar-refractivity contribution in [1.82, 2.24) is 0 Å². The van der Waals surface area contributed by atoms with Crippen molar-refractivity contribution >= 4 is 0 Å². The van der Waals surface area contributed by atoms with Crippen molar-refractivity contribution in [1.29, 1.82) is 0 Å². The molecule has 0 aromatic carbocycles. The summed E-state index contributed by atoms with van der Waals surface area (Å²) in [5, 5.41) is 0. The third kappa shape index (κ3) is 3.46. The molecule has 0 bridgehead atoms. The van der Waals surface area contributed by atoms with E-state index >= 15 is 0 Å². The fraction of sp³-hybridized carbons (Fsp3) is 1.00. The first kappa shape index (κ1) is 8.88. The molecule has 0 aromatic rings. The second kappa shape index (κ2) is 4.73. The van der Waals surface area contributed by atoms with Crippen LogP contribution in [0.15, 0.2) is 0 Å². The molecular weight excluding hydrogens is 114 g/mol. The molecule has 2 atom stereocenters. The number of hydrogen-bond acceptors (Lipinski definition) is 3. The van der Waals surface area contributed by atoms with E-state index in [9.17, 15) is 0 Å². The molecular formula is C6H17N3. The Bertz CT molecular complexity index is 65.3. The van der Waals surface area contributed by atoms with Crippen molar-refractivity contribution < 1.29 is 0 Å². The Hall–Kier alpha value is -0.120. The molecule has 0 heterocycles. The molecule has 0 aliphatic heterocycles. The lowest BCUT2D eigenvalue weighted by Gasteiger charge is -2.16. The summed E-state index contributed by atoms with van der Waals surface area (Å²) in [6, 6.07) is 0.181. The fourth-order valence-corrected chi connectivity index (χ4v) is 0.652. The van der Waals surface area contributed by atoms with Gasteiger partial charge in [0.25, 0.3) is 0 Å². The van der Waals surface area contributed by atoms with Gasteiger partial charge in [0.15, 0.2) is 0 Å². The maximum atomic E-state index is 5.68. The van der Waals surface area contributed by atoms with Gasteiger partial charge in [0, 0.05) is 6.04 Å². The van der Waals surface area contributed by atoms with Crippen LogP contribution in [-0.2, 0) is 0 Å². The van der Waals surface area contributed by atoms with E-state index in [1.165, 1.54) is 0 Å². The standard InChI is InChI=1S/C6H17N3/c1-5(4-8)6(9)2-3-7/h5-6H,2-4,7-9H2,1H3. The van der Waals surface area contributed by atoms with E-state index in [0.717, 1.165) is 6.42 Å². The molecule has 56 valence electrons. The van der Waals surface area contributed by atoms with Crippen LogP contribution in [0.3, 0.4) is 0 Å². The average Bonchev–Trinajstić information content (AvgIpc) is 1.87. The Kier molecular flexibility index (Phi) is 4.67. The number of rotatable bonds is 4. The van der Waals surface area contributed by atoms with Gasteiger partial charge in [0.05, 0.1) is 0 Å². The van der Waals surface area contributed by atoms with Gasteiger partial charge in [-0.3, -0.25) is 0 Å². The van der Waals surface area contributed by atoms with Crippen molar-refractivity contribution in [2.45, 2.75) is 19.4 Å². The number of hydrogen-bond donors (Lipinski definition) is 3. The molecule has 0 saturated heterocycles. The molecule has 0 rings (SSSR count). The summed E-state index contributed by atoms with van der Waals surface area (Å²) >= 11 is 0. The summed E-state index contributed by atoms with van der Waals surface area (Å²) in [6.45, 7) is 3.35. The van der Waals surface area contributed by atoms with Crippen LogP contribution in [0.2, 0.25) is 0 Å². The van der Waals surface area contributed by atoms with Crippen LogP contribution in [0.4, 0.5) is 0 Å².